The van der Waals surface area contributed by atoms with Gasteiger partial charge in [0.1, 0.15) is 18.2 Å². The monoisotopic (exact) mass is 430 g/mol. The molecule has 2 aromatic heterocycles. The molecule has 7 nitrogen and oxygen atoms in total. The van der Waals surface area contributed by atoms with Gasteiger partial charge in [-0.15, -0.1) is 0 Å². The first kappa shape index (κ1) is 21.5. The Labute approximate surface area is 187 Å². The Morgan fingerprint density at radius 1 is 1.16 bits per heavy atom. The summed E-state index contributed by atoms with van der Waals surface area (Å²) in [4.78, 5) is 36.0. The Hall–Kier alpha value is -3.74. The van der Waals surface area contributed by atoms with Crippen molar-refractivity contribution in [3.63, 3.8) is 0 Å². The maximum absolute atomic E-state index is 13.1. The smallest absolute Gasteiger partial charge is 0.254 e. The van der Waals surface area contributed by atoms with Gasteiger partial charge in [-0.3, -0.25) is 14.6 Å². The highest BCUT2D eigenvalue weighted by Gasteiger charge is 2.29. The third-order valence-electron chi connectivity index (χ3n) is 5.43. The van der Waals surface area contributed by atoms with Crippen LogP contribution in [0.2, 0.25) is 0 Å². The molecule has 1 aliphatic rings. The Balaban J connectivity index is 1.38. The fourth-order valence-electron chi connectivity index (χ4n) is 3.77. The van der Waals surface area contributed by atoms with E-state index in [1.165, 1.54) is 0 Å². The van der Waals surface area contributed by atoms with E-state index in [1.54, 1.807) is 35.5 Å². The number of piperidine rings is 1. The molecule has 0 radical (unpaired) electrons. The van der Waals surface area contributed by atoms with Crippen molar-refractivity contribution in [3.05, 3.63) is 83.8 Å². The second kappa shape index (κ2) is 10.0. The minimum absolute atomic E-state index is 0.0944. The van der Waals surface area contributed by atoms with Crippen LogP contribution in [-0.4, -0.2) is 39.8 Å². The molecule has 0 saturated carbocycles. The van der Waals surface area contributed by atoms with E-state index in [9.17, 15) is 9.59 Å². The molecule has 1 aromatic carbocycles. The number of anilines is 1. The van der Waals surface area contributed by atoms with Crippen LogP contribution in [0.1, 0.15) is 34.5 Å². The third kappa shape index (κ3) is 5.49. The zero-order chi connectivity index (χ0) is 22.3. The zero-order valence-electron chi connectivity index (χ0n) is 18.0. The van der Waals surface area contributed by atoms with E-state index >= 15 is 0 Å². The number of ether oxygens (including phenoxy) is 1. The van der Waals surface area contributed by atoms with Crippen LogP contribution in [0.5, 0.6) is 5.75 Å². The number of pyridine rings is 2. The molecule has 1 saturated heterocycles. The fourth-order valence-corrected chi connectivity index (χ4v) is 3.77. The molecule has 0 aliphatic carbocycles. The van der Waals surface area contributed by atoms with Gasteiger partial charge in [-0.2, -0.15) is 0 Å². The van der Waals surface area contributed by atoms with Crippen molar-refractivity contribution < 1.29 is 14.3 Å². The highest BCUT2D eigenvalue weighted by Crippen LogP contribution is 2.22. The number of aromatic nitrogens is 2. The van der Waals surface area contributed by atoms with Gasteiger partial charge < -0.3 is 15.0 Å². The van der Waals surface area contributed by atoms with E-state index < -0.39 is 0 Å². The average molecular weight is 431 g/mol. The van der Waals surface area contributed by atoms with Crippen LogP contribution in [0.25, 0.3) is 0 Å². The van der Waals surface area contributed by atoms with Gasteiger partial charge in [0.2, 0.25) is 5.91 Å². The Morgan fingerprint density at radius 2 is 2.03 bits per heavy atom. The molecule has 2 amide bonds. The number of hydrogen-bond acceptors (Lipinski definition) is 5. The summed E-state index contributed by atoms with van der Waals surface area (Å²) in [5.41, 5.74) is 2.35. The highest BCUT2D eigenvalue weighted by atomic mass is 16.5. The molecule has 1 N–H and O–H groups in total. The Kier molecular flexibility index (Phi) is 6.75. The molecule has 3 aromatic rings. The van der Waals surface area contributed by atoms with E-state index in [4.69, 9.17) is 4.74 Å². The standard InChI is InChI=1S/C25H26N4O3/c1-18-6-2-11-23(27-18)28-24(30)21-9-5-13-29(16-21)25(31)20-8-3-10-22(14-20)32-17-19-7-4-12-26-15-19/h2-4,6-8,10-12,14-15,21H,5,9,13,16-17H2,1H3,(H,27,28,30). The molecular formula is C25H26N4O3. The maximum atomic E-state index is 13.1. The van der Waals surface area contributed by atoms with Crippen molar-refractivity contribution in [2.75, 3.05) is 18.4 Å². The molecule has 4 rings (SSSR count). The van der Waals surface area contributed by atoms with Crippen molar-refractivity contribution in [2.45, 2.75) is 26.4 Å². The van der Waals surface area contributed by atoms with Crippen molar-refractivity contribution in [3.8, 4) is 5.75 Å². The average Bonchev–Trinajstić information content (AvgIpc) is 2.83. The number of carbonyl (C=O) groups excluding carboxylic acids is 2. The summed E-state index contributed by atoms with van der Waals surface area (Å²) in [6.45, 7) is 3.28. The van der Waals surface area contributed by atoms with E-state index in [2.05, 4.69) is 15.3 Å². The first-order valence-electron chi connectivity index (χ1n) is 10.7. The molecule has 0 spiro atoms. The van der Waals surface area contributed by atoms with Gasteiger partial charge in [-0.1, -0.05) is 18.2 Å². The number of carbonyl (C=O) groups is 2. The lowest BCUT2D eigenvalue weighted by atomic mass is 9.96. The first-order valence-corrected chi connectivity index (χ1v) is 10.7. The SMILES string of the molecule is Cc1cccc(NC(=O)C2CCCN(C(=O)c3cccc(OCc4cccnc4)c3)C2)n1. The van der Waals surface area contributed by atoms with Crippen LogP contribution in [0, 0.1) is 12.8 Å². The van der Waals surface area contributed by atoms with Crippen molar-refractivity contribution in [2.24, 2.45) is 5.92 Å². The molecule has 1 unspecified atom stereocenters. The summed E-state index contributed by atoms with van der Waals surface area (Å²) < 4.78 is 5.82. The number of aryl methyl sites for hydroxylation is 1. The van der Waals surface area contributed by atoms with Crippen LogP contribution in [0.15, 0.2) is 67.0 Å². The van der Waals surface area contributed by atoms with Crippen molar-refractivity contribution >= 4 is 17.6 Å². The topological polar surface area (TPSA) is 84.4 Å². The lowest BCUT2D eigenvalue weighted by molar-refractivity contribution is -0.121. The predicted octanol–water partition coefficient (Wildman–Crippen LogP) is 3.85. The van der Waals surface area contributed by atoms with Gasteiger partial charge in [0, 0.05) is 42.3 Å². The molecule has 1 aliphatic heterocycles. The quantitative estimate of drug-likeness (QED) is 0.642. The number of benzene rings is 1. The second-order valence-corrected chi connectivity index (χ2v) is 7.92. The largest absolute Gasteiger partial charge is 0.489 e. The molecule has 0 bridgehead atoms. The van der Waals surface area contributed by atoms with E-state index in [-0.39, 0.29) is 17.7 Å². The zero-order valence-corrected chi connectivity index (χ0v) is 18.0. The number of nitrogens with one attached hydrogen (secondary N) is 1. The van der Waals surface area contributed by atoms with Gasteiger partial charge in [0.05, 0.1) is 5.92 Å². The summed E-state index contributed by atoms with van der Waals surface area (Å²) in [7, 11) is 0. The summed E-state index contributed by atoms with van der Waals surface area (Å²) in [5, 5.41) is 2.88. The van der Waals surface area contributed by atoms with Gasteiger partial charge >= 0.3 is 0 Å². The number of amides is 2. The molecule has 1 fully saturated rings. The van der Waals surface area contributed by atoms with Gasteiger partial charge in [0.25, 0.3) is 5.91 Å². The van der Waals surface area contributed by atoms with Crippen molar-refractivity contribution in [1.82, 2.24) is 14.9 Å². The molecule has 7 heteroatoms. The maximum Gasteiger partial charge on any atom is 0.254 e. The highest BCUT2D eigenvalue weighted by molar-refractivity contribution is 5.96. The summed E-state index contributed by atoms with van der Waals surface area (Å²) in [6, 6.07) is 16.5. The summed E-state index contributed by atoms with van der Waals surface area (Å²) in [5.74, 6) is 0.700. The third-order valence-corrected chi connectivity index (χ3v) is 5.43. The minimum atomic E-state index is -0.264. The molecular weight excluding hydrogens is 404 g/mol. The first-order chi connectivity index (χ1) is 15.6. The fraction of sp³-hybridized carbons (Fsp3) is 0.280. The summed E-state index contributed by atoms with van der Waals surface area (Å²) >= 11 is 0. The Bertz CT molecular complexity index is 1090. The molecule has 3 heterocycles. The van der Waals surface area contributed by atoms with Crippen LogP contribution >= 0.6 is 0 Å². The van der Waals surface area contributed by atoms with E-state index in [0.717, 1.165) is 24.1 Å². The van der Waals surface area contributed by atoms with E-state index in [1.807, 2.05) is 43.3 Å². The molecule has 32 heavy (non-hydrogen) atoms. The molecule has 1 atom stereocenters. The van der Waals surface area contributed by atoms with Gasteiger partial charge in [-0.05, 0) is 56.2 Å². The normalized spacial score (nSPS) is 15.8. The van der Waals surface area contributed by atoms with Crippen LogP contribution < -0.4 is 10.1 Å². The van der Waals surface area contributed by atoms with Crippen molar-refractivity contribution in [1.29, 1.82) is 0 Å². The minimum Gasteiger partial charge on any atom is -0.489 e. The number of hydrogen-bond donors (Lipinski definition) is 1. The summed E-state index contributed by atoms with van der Waals surface area (Å²) in [6.07, 6.45) is 4.99. The van der Waals surface area contributed by atoms with Crippen LogP contribution in [0.4, 0.5) is 5.82 Å². The Morgan fingerprint density at radius 3 is 2.84 bits per heavy atom. The van der Waals surface area contributed by atoms with Gasteiger partial charge in [0.15, 0.2) is 0 Å². The molecule has 164 valence electrons. The van der Waals surface area contributed by atoms with Gasteiger partial charge in [-0.25, -0.2) is 4.98 Å². The predicted molar refractivity (Wildman–Crippen MR) is 121 cm³/mol. The van der Waals surface area contributed by atoms with Crippen LogP contribution in [0.3, 0.4) is 0 Å². The number of nitrogens with zero attached hydrogens (tertiary/aromatic N) is 3. The van der Waals surface area contributed by atoms with E-state index in [0.29, 0.717) is 36.8 Å². The number of likely N-dealkylation sites (tertiary alicyclic amines) is 1. The lowest BCUT2D eigenvalue weighted by Gasteiger charge is -2.32. The lowest BCUT2D eigenvalue weighted by Crippen LogP contribution is -2.43. The second-order valence-electron chi connectivity index (χ2n) is 7.92. The van der Waals surface area contributed by atoms with Crippen LogP contribution in [-0.2, 0) is 11.4 Å². The number of rotatable bonds is 6.